The Morgan fingerprint density at radius 2 is 1.43 bits per heavy atom. The Hall–Kier alpha value is -3.60. The summed E-state index contributed by atoms with van der Waals surface area (Å²) < 4.78 is 42.4. The first-order valence-corrected chi connectivity index (χ1v) is 9.89. The fourth-order valence-corrected chi connectivity index (χ4v) is 3.58. The highest BCUT2D eigenvalue weighted by Crippen LogP contribution is 2.29. The first-order chi connectivity index (χ1) is 14.1. The minimum Gasteiger partial charge on any atom is -0.495 e. The van der Waals surface area contributed by atoms with Crippen LogP contribution in [0.4, 0.5) is 11.4 Å². The van der Waals surface area contributed by atoms with E-state index in [4.69, 9.17) is 4.74 Å². The standard InChI is InChI=1S/C19H20N2O8S/c1-11(22)20-16-10-15(5-6-17(16)27-2)30(25,26)21-14-8-12(18(23)28-3)7-13(9-14)19(24)29-4/h5-10,21H,1-4H3,(H,20,22). The molecule has 0 aliphatic heterocycles. The molecule has 2 aromatic carbocycles. The van der Waals surface area contributed by atoms with E-state index in [-0.39, 0.29) is 33.1 Å². The van der Waals surface area contributed by atoms with Crippen molar-refractivity contribution in [1.29, 1.82) is 0 Å². The third-order valence-electron chi connectivity index (χ3n) is 3.82. The zero-order chi connectivity index (χ0) is 22.5. The number of hydrogen-bond donors (Lipinski definition) is 2. The number of benzene rings is 2. The number of esters is 2. The van der Waals surface area contributed by atoms with Gasteiger partial charge in [0, 0.05) is 6.92 Å². The average Bonchev–Trinajstić information content (AvgIpc) is 2.71. The summed E-state index contributed by atoms with van der Waals surface area (Å²) in [5, 5.41) is 2.49. The van der Waals surface area contributed by atoms with E-state index in [0.29, 0.717) is 0 Å². The Kier molecular flexibility index (Phi) is 7.01. The molecule has 0 spiro atoms. The summed E-state index contributed by atoms with van der Waals surface area (Å²) in [6.45, 7) is 1.27. The van der Waals surface area contributed by atoms with Gasteiger partial charge in [0.2, 0.25) is 5.91 Å². The minimum absolute atomic E-state index is 0.0493. The van der Waals surface area contributed by atoms with Crippen molar-refractivity contribution in [3.05, 3.63) is 47.5 Å². The van der Waals surface area contributed by atoms with E-state index in [1.807, 2.05) is 0 Å². The molecule has 0 heterocycles. The molecule has 11 heteroatoms. The van der Waals surface area contributed by atoms with Crippen molar-refractivity contribution in [2.24, 2.45) is 0 Å². The van der Waals surface area contributed by atoms with Gasteiger partial charge in [-0.15, -0.1) is 0 Å². The predicted molar refractivity (Wildman–Crippen MR) is 107 cm³/mol. The molecule has 2 rings (SSSR count). The zero-order valence-corrected chi connectivity index (χ0v) is 17.5. The lowest BCUT2D eigenvalue weighted by Crippen LogP contribution is -2.16. The molecule has 2 N–H and O–H groups in total. The number of hydrogen-bond acceptors (Lipinski definition) is 8. The lowest BCUT2D eigenvalue weighted by Gasteiger charge is -2.14. The Labute approximate surface area is 173 Å². The van der Waals surface area contributed by atoms with Gasteiger partial charge in [0.25, 0.3) is 10.0 Å². The molecule has 0 aliphatic rings. The number of rotatable bonds is 7. The average molecular weight is 436 g/mol. The Morgan fingerprint density at radius 3 is 1.90 bits per heavy atom. The van der Waals surface area contributed by atoms with Crippen LogP contribution in [0, 0.1) is 0 Å². The van der Waals surface area contributed by atoms with Crippen molar-refractivity contribution in [3.8, 4) is 5.75 Å². The van der Waals surface area contributed by atoms with Crippen molar-refractivity contribution in [2.45, 2.75) is 11.8 Å². The summed E-state index contributed by atoms with van der Waals surface area (Å²) in [5.41, 5.74) is 0.000152. The third kappa shape index (κ3) is 5.26. The summed E-state index contributed by atoms with van der Waals surface area (Å²) in [6, 6.07) is 7.52. The second kappa shape index (κ2) is 9.27. The lowest BCUT2D eigenvalue weighted by molar-refractivity contribution is -0.114. The van der Waals surface area contributed by atoms with Gasteiger partial charge in [-0.05, 0) is 36.4 Å². The van der Waals surface area contributed by atoms with E-state index in [2.05, 4.69) is 19.5 Å². The molecule has 0 aliphatic carbocycles. The molecule has 0 atom stereocenters. The van der Waals surface area contributed by atoms with Gasteiger partial charge in [0.15, 0.2) is 0 Å². The SMILES string of the molecule is COC(=O)c1cc(NS(=O)(=O)c2ccc(OC)c(NC(C)=O)c2)cc(C(=O)OC)c1. The van der Waals surface area contributed by atoms with E-state index in [9.17, 15) is 22.8 Å². The number of carbonyl (C=O) groups excluding carboxylic acids is 3. The van der Waals surface area contributed by atoms with Crippen LogP contribution in [-0.2, 0) is 24.3 Å². The summed E-state index contributed by atoms with van der Waals surface area (Å²) in [7, 11) is -0.480. The van der Waals surface area contributed by atoms with Gasteiger partial charge >= 0.3 is 11.9 Å². The Morgan fingerprint density at radius 1 is 0.867 bits per heavy atom. The number of methoxy groups -OCH3 is 3. The number of ether oxygens (including phenoxy) is 3. The summed E-state index contributed by atoms with van der Waals surface area (Å²) in [4.78, 5) is 34.9. The number of nitrogens with one attached hydrogen (secondary N) is 2. The predicted octanol–water partition coefficient (Wildman–Crippen LogP) is 2.03. The fraction of sp³-hybridized carbons (Fsp3) is 0.211. The number of amides is 1. The van der Waals surface area contributed by atoms with Crippen LogP contribution in [0.15, 0.2) is 41.3 Å². The molecule has 0 unspecified atom stereocenters. The van der Waals surface area contributed by atoms with Crippen LogP contribution in [0.5, 0.6) is 5.75 Å². The molecule has 0 saturated heterocycles. The van der Waals surface area contributed by atoms with Gasteiger partial charge in [0.1, 0.15) is 5.75 Å². The number of anilines is 2. The number of sulfonamides is 1. The smallest absolute Gasteiger partial charge is 0.337 e. The molecule has 160 valence electrons. The first-order valence-electron chi connectivity index (χ1n) is 8.41. The van der Waals surface area contributed by atoms with Crippen LogP contribution in [0.25, 0.3) is 0 Å². The molecule has 2 aromatic rings. The second-order valence-corrected chi connectivity index (χ2v) is 7.61. The van der Waals surface area contributed by atoms with Crippen molar-refractivity contribution >= 4 is 39.2 Å². The van der Waals surface area contributed by atoms with E-state index in [0.717, 1.165) is 14.2 Å². The van der Waals surface area contributed by atoms with Crippen LogP contribution >= 0.6 is 0 Å². The van der Waals surface area contributed by atoms with Gasteiger partial charge in [-0.2, -0.15) is 0 Å². The lowest BCUT2D eigenvalue weighted by atomic mass is 10.1. The van der Waals surface area contributed by atoms with Gasteiger partial charge < -0.3 is 19.5 Å². The largest absolute Gasteiger partial charge is 0.495 e. The maximum absolute atomic E-state index is 12.8. The fourth-order valence-electron chi connectivity index (χ4n) is 2.51. The van der Waals surface area contributed by atoms with Crippen molar-refractivity contribution in [1.82, 2.24) is 0 Å². The van der Waals surface area contributed by atoms with Crippen LogP contribution in [0.1, 0.15) is 27.6 Å². The van der Waals surface area contributed by atoms with Crippen LogP contribution in [0.2, 0.25) is 0 Å². The van der Waals surface area contributed by atoms with Gasteiger partial charge in [-0.25, -0.2) is 18.0 Å². The topological polar surface area (TPSA) is 137 Å². The minimum atomic E-state index is -4.16. The van der Waals surface area contributed by atoms with Crippen LogP contribution in [-0.4, -0.2) is 47.6 Å². The van der Waals surface area contributed by atoms with Gasteiger partial charge in [-0.3, -0.25) is 9.52 Å². The monoisotopic (exact) mass is 436 g/mol. The zero-order valence-electron chi connectivity index (χ0n) is 16.6. The normalized spacial score (nSPS) is 10.7. The summed E-state index contributed by atoms with van der Waals surface area (Å²) >= 11 is 0. The van der Waals surface area contributed by atoms with Crippen molar-refractivity contribution in [2.75, 3.05) is 31.4 Å². The number of carbonyl (C=O) groups is 3. The van der Waals surface area contributed by atoms with Crippen LogP contribution < -0.4 is 14.8 Å². The molecular weight excluding hydrogens is 416 g/mol. The maximum atomic E-state index is 12.8. The molecule has 0 radical (unpaired) electrons. The highest BCUT2D eigenvalue weighted by molar-refractivity contribution is 7.92. The molecule has 10 nitrogen and oxygen atoms in total. The van der Waals surface area contributed by atoms with Crippen LogP contribution in [0.3, 0.4) is 0 Å². The summed E-state index contributed by atoms with van der Waals surface area (Å²) in [6.07, 6.45) is 0. The second-order valence-electron chi connectivity index (χ2n) is 5.93. The summed E-state index contributed by atoms with van der Waals surface area (Å²) in [5.74, 6) is -1.67. The highest BCUT2D eigenvalue weighted by Gasteiger charge is 2.20. The molecular formula is C19H20N2O8S. The van der Waals surface area contributed by atoms with E-state index < -0.39 is 27.9 Å². The third-order valence-corrected chi connectivity index (χ3v) is 5.20. The van der Waals surface area contributed by atoms with E-state index in [1.165, 1.54) is 50.4 Å². The highest BCUT2D eigenvalue weighted by atomic mass is 32.2. The Balaban J connectivity index is 2.49. The van der Waals surface area contributed by atoms with E-state index in [1.54, 1.807) is 0 Å². The molecule has 0 bridgehead atoms. The molecule has 1 amide bonds. The van der Waals surface area contributed by atoms with Crippen molar-refractivity contribution < 1.29 is 37.0 Å². The molecule has 0 aromatic heterocycles. The maximum Gasteiger partial charge on any atom is 0.337 e. The van der Waals surface area contributed by atoms with Gasteiger partial charge in [-0.1, -0.05) is 0 Å². The molecule has 0 saturated carbocycles. The Bertz CT molecular complexity index is 1060. The molecule has 0 fully saturated rings. The van der Waals surface area contributed by atoms with Gasteiger partial charge in [0.05, 0.1) is 48.7 Å². The van der Waals surface area contributed by atoms with Crippen molar-refractivity contribution in [3.63, 3.8) is 0 Å². The first kappa shape index (κ1) is 22.7. The quantitative estimate of drug-likeness (QED) is 0.629. The molecule has 30 heavy (non-hydrogen) atoms. The van der Waals surface area contributed by atoms with E-state index >= 15 is 0 Å².